The molecule has 0 unspecified atom stereocenters. The molecule has 2 aliphatic heterocycles. The van der Waals surface area contributed by atoms with Crippen molar-refractivity contribution in [1.29, 1.82) is 0 Å². The molecule has 0 bridgehead atoms. The molecule has 2 aliphatic rings. The maximum Gasteiger partial charge on any atom is 0.226 e. The highest BCUT2D eigenvalue weighted by Gasteiger charge is 2.41. The number of rotatable bonds is 9. The number of carbonyl (C=O) groups excluding carboxylic acids is 1. The number of carbonyl (C=O) groups is 1. The monoisotopic (exact) mass is 608 g/mol. The maximum absolute atomic E-state index is 13.2. The predicted molar refractivity (Wildman–Crippen MR) is 180 cm³/mol. The molecule has 44 heavy (non-hydrogen) atoms. The van der Waals surface area contributed by atoms with Crippen LogP contribution in [0.4, 0.5) is 11.4 Å². The predicted octanol–water partition coefficient (Wildman–Crippen LogP) is 5.89. The summed E-state index contributed by atoms with van der Waals surface area (Å²) in [6.45, 7) is 10.2. The Bertz CT molecular complexity index is 1610. The standard InChI is InChI=1S/C35H40N6O2S/c1-4-26-9-5-6-10-30(26)37-32(42)16-18-40-34(33(38-35(40)44)31-11-7-8-17-36-31)29-23-24(2)41(25(29)3)28-14-12-27(13-15-28)39-19-21-43-22-20-39/h5-15,17,23,33-34H,4,16,18-22H2,1-3H3,(H,37,42)(H,38,44)/t33-,34-/m0/s1. The molecule has 2 N–H and O–H groups in total. The number of aromatic nitrogens is 2. The Morgan fingerprint density at radius 2 is 1.75 bits per heavy atom. The number of nitrogens with zero attached hydrogens (tertiary/aromatic N) is 4. The van der Waals surface area contributed by atoms with Gasteiger partial charge < -0.3 is 29.7 Å². The van der Waals surface area contributed by atoms with E-state index in [4.69, 9.17) is 21.9 Å². The molecule has 2 aromatic carbocycles. The normalized spacial score (nSPS) is 18.4. The molecule has 228 valence electrons. The fraction of sp³-hybridized carbons (Fsp3) is 0.343. The molecular weight excluding hydrogens is 568 g/mol. The Hall–Kier alpha value is -4.21. The first kappa shape index (κ1) is 29.8. The first-order chi connectivity index (χ1) is 21.4. The summed E-state index contributed by atoms with van der Waals surface area (Å²) in [7, 11) is 0. The Morgan fingerprint density at radius 1 is 1.02 bits per heavy atom. The second-order valence-corrected chi connectivity index (χ2v) is 11.8. The van der Waals surface area contributed by atoms with E-state index in [0.29, 0.717) is 18.1 Å². The topological polar surface area (TPSA) is 74.7 Å². The summed E-state index contributed by atoms with van der Waals surface area (Å²) in [5.74, 6) is -0.0282. The molecule has 0 radical (unpaired) electrons. The molecule has 6 rings (SSSR count). The number of benzene rings is 2. The molecule has 2 aromatic heterocycles. The average molecular weight is 609 g/mol. The van der Waals surface area contributed by atoms with E-state index in [-0.39, 0.29) is 18.0 Å². The number of pyridine rings is 1. The van der Waals surface area contributed by atoms with Crippen LogP contribution in [0.25, 0.3) is 5.69 Å². The lowest BCUT2D eigenvalue weighted by Gasteiger charge is -2.29. The van der Waals surface area contributed by atoms with E-state index in [2.05, 4.69) is 82.2 Å². The third kappa shape index (κ3) is 6.07. The lowest BCUT2D eigenvalue weighted by Crippen LogP contribution is -2.36. The molecular formula is C35H40N6O2S. The van der Waals surface area contributed by atoms with Crippen molar-refractivity contribution in [2.75, 3.05) is 43.1 Å². The van der Waals surface area contributed by atoms with Crippen molar-refractivity contribution in [3.63, 3.8) is 0 Å². The number of thiocarbonyl (C=S) groups is 1. The van der Waals surface area contributed by atoms with E-state index >= 15 is 0 Å². The number of morpholine rings is 1. The van der Waals surface area contributed by atoms with Gasteiger partial charge in [-0.2, -0.15) is 0 Å². The molecule has 0 spiro atoms. The van der Waals surface area contributed by atoms with E-state index in [1.54, 1.807) is 0 Å². The van der Waals surface area contributed by atoms with Crippen molar-refractivity contribution in [2.45, 2.75) is 45.7 Å². The van der Waals surface area contributed by atoms with Gasteiger partial charge in [-0.25, -0.2) is 0 Å². The first-order valence-electron chi connectivity index (χ1n) is 15.4. The fourth-order valence-corrected chi connectivity index (χ4v) is 6.82. The highest BCUT2D eigenvalue weighted by molar-refractivity contribution is 7.80. The zero-order valence-electron chi connectivity index (χ0n) is 25.6. The van der Waals surface area contributed by atoms with Crippen LogP contribution in [-0.4, -0.2) is 58.3 Å². The van der Waals surface area contributed by atoms with E-state index in [1.165, 1.54) is 11.3 Å². The Kier molecular flexibility index (Phi) is 8.95. The van der Waals surface area contributed by atoms with Crippen LogP contribution in [0, 0.1) is 13.8 Å². The van der Waals surface area contributed by atoms with Gasteiger partial charge in [0, 0.05) is 60.7 Å². The molecule has 1 amide bonds. The van der Waals surface area contributed by atoms with E-state index in [9.17, 15) is 4.79 Å². The van der Waals surface area contributed by atoms with Crippen molar-refractivity contribution in [3.8, 4) is 5.69 Å². The fourth-order valence-electron chi connectivity index (χ4n) is 6.49. The van der Waals surface area contributed by atoms with Crippen molar-refractivity contribution >= 4 is 34.6 Å². The number of ether oxygens (including phenoxy) is 1. The molecule has 4 heterocycles. The van der Waals surface area contributed by atoms with Crippen molar-refractivity contribution < 1.29 is 9.53 Å². The smallest absolute Gasteiger partial charge is 0.226 e. The molecule has 4 aromatic rings. The third-order valence-electron chi connectivity index (χ3n) is 8.72. The Labute approximate surface area is 265 Å². The maximum atomic E-state index is 13.2. The van der Waals surface area contributed by atoms with Gasteiger partial charge in [0.25, 0.3) is 0 Å². The minimum atomic E-state index is -0.148. The van der Waals surface area contributed by atoms with Gasteiger partial charge >= 0.3 is 0 Å². The van der Waals surface area contributed by atoms with Crippen LogP contribution in [0.2, 0.25) is 0 Å². The van der Waals surface area contributed by atoms with E-state index < -0.39 is 0 Å². The van der Waals surface area contributed by atoms with Crippen molar-refractivity contribution in [2.24, 2.45) is 0 Å². The largest absolute Gasteiger partial charge is 0.378 e. The Morgan fingerprint density at radius 3 is 2.48 bits per heavy atom. The third-order valence-corrected chi connectivity index (χ3v) is 9.08. The van der Waals surface area contributed by atoms with Crippen LogP contribution in [0.5, 0.6) is 0 Å². The molecule has 0 saturated carbocycles. The summed E-state index contributed by atoms with van der Waals surface area (Å²) in [4.78, 5) is 22.4. The summed E-state index contributed by atoms with van der Waals surface area (Å²) in [5, 5.41) is 7.29. The van der Waals surface area contributed by atoms with Gasteiger partial charge in [0.15, 0.2) is 5.11 Å². The van der Waals surface area contributed by atoms with Gasteiger partial charge in [-0.15, -0.1) is 0 Å². The van der Waals surface area contributed by atoms with Gasteiger partial charge in [0.2, 0.25) is 5.91 Å². The first-order valence-corrected chi connectivity index (χ1v) is 15.8. The minimum absolute atomic E-state index is 0.0282. The zero-order chi connectivity index (χ0) is 30.6. The summed E-state index contributed by atoms with van der Waals surface area (Å²) in [5.41, 5.74) is 8.69. The summed E-state index contributed by atoms with van der Waals surface area (Å²) in [6.07, 6.45) is 2.99. The Balaban J connectivity index is 1.28. The summed E-state index contributed by atoms with van der Waals surface area (Å²) in [6, 6.07) is 24.7. The van der Waals surface area contributed by atoms with Gasteiger partial charge in [-0.05, 0) is 92.1 Å². The van der Waals surface area contributed by atoms with Crippen LogP contribution in [0.3, 0.4) is 0 Å². The second-order valence-electron chi connectivity index (χ2n) is 11.4. The summed E-state index contributed by atoms with van der Waals surface area (Å²) < 4.78 is 7.84. The van der Waals surface area contributed by atoms with Crippen molar-refractivity contribution in [1.82, 2.24) is 19.8 Å². The van der Waals surface area contributed by atoms with E-state index in [1.807, 2.05) is 42.6 Å². The van der Waals surface area contributed by atoms with E-state index in [0.717, 1.165) is 66.7 Å². The average Bonchev–Trinajstić information content (AvgIpc) is 3.54. The quantitative estimate of drug-likeness (QED) is 0.230. The number of anilines is 2. The molecule has 2 saturated heterocycles. The lowest BCUT2D eigenvalue weighted by atomic mass is 9.96. The highest BCUT2D eigenvalue weighted by atomic mass is 32.1. The van der Waals surface area contributed by atoms with Crippen LogP contribution in [0.1, 0.15) is 53.6 Å². The zero-order valence-corrected chi connectivity index (χ0v) is 26.4. The number of para-hydroxylation sites is 1. The van der Waals surface area contributed by atoms with Crippen molar-refractivity contribution in [3.05, 3.63) is 107 Å². The van der Waals surface area contributed by atoms with Crippen LogP contribution < -0.4 is 15.5 Å². The van der Waals surface area contributed by atoms with Crippen LogP contribution >= 0.6 is 12.2 Å². The van der Waals surface area contributed by atoms with Crippen LogP contribution in [-0.2, 0) is 16.0 Å². The van der Waals surface area contributed by atoms with Gasteiger partial charge in [-0.1, -0.05) is 31.2 Å². The number of nitrogens with one attached hydrogen (secondary N) is 2. The number of hydrogen-bond acceptors (Lipinski definition) is 5. The molecule has 8 nitrogen and oxygen atoms in total. The second kappa shape index (κ2) is 13.2. The van der Waals surface area contributed by atoms with Gasteiger partial charge in [0.1, 0.15) is 0 Å². The molecule has 2 fully saturated rings. The SMILES string of the molecule is CCc1ccccc1NC(=O)CCN1C(=S)N[C@@H](c2ccccn2)[C@@H]1c1cc(C)n(-c2ccc(N3CCOCC3)cc2)c1C. The lowest BCUT2D eigenvalue weighted by molar-refractivity contribution is -0.116. The highest BCUT2D eigenvalue weighted by Crippen LogP contribution is 2.41. The molecule has 2 atom stereocenters. The number of amides is 1. The minimum Gasteiger partial charge on any atom is -0.378 e. The molecule has 9 heteroatoms. The summed E-state index contributed by atoms with van der Waals surface area (Å²) >= 11 is 5.90. The van der Waals surface area contributed by atoms with Crippen LogP contribution in [0.15, 0.2) is 79.0 Å². The number of hydrogen-bond donors (Lipinski definition) is 2. The van der Waals surface area contributed by atoms with Gasteiger partial charge in [-0.3, -0.25) is 9.78 Å². The molecule has 0 aliphatic carbocycles. The van der Waals surface area contributed by atoms with Gasteiger partial charge in [0.05, 0.1) is 31.0 Å². The number of aryl methyl sites for hydroxylation is 2.